The van der Waals surface area contributed by atoms with E-state index in [9.17, 15) is 0 Å². The molecule has 0 N–H and O–H groups in total. The van der Waals surface area contributed by atoms with Crippen LogP contribution in [-0.4, -0.2) is 78.3 Å². The molecule has 0 atom stereocenters. The van der Waals surface area contributed by atoms with Crippen LogP contribution < -0.4 is 0 Å². The predicted molar refractivity (Wildman–Crippen MR) is 451 cm³/mol. The van der Waals surface area contributed by atoms with E-state index in [1.54, 1.807) is 0 Å². The average molecular weight is 1710 g/mol. The molecule has 6 fully saturated rings. The van der Waals surface area contributed by atoms with Gasteiger partial charge in [0.2, 0.25) is 0 Å². The second-order valence-corrected chi connectivity index (χ2v) is 59.2. The Morgan fingerprint density at radius 3 is 0.324 bits per heavy atom. The third-order valence-electron chi connectivity index (χ3n) is 13.9. The van der Waals surface area contributed by atoms with Gasteiger partial charge < -0.3 is 29.9 Å². The van der Waals surface area contributed by atoms with Gasteiger partial charge in [0.15, 0.2) is 0 Å². The Labute approximate surface area is 705 Å². The van der Waals surface area contributed by atoms with Crippen molar-refractivity contribution in [1.29, 1.82) is 0 Å². The van der Waals surface area contributed by atoms with E-state index in [0.29, 0.717) is 0 Å². The molecule has 0 unspecified atom stereocenters. The first-order valence-electron chi connectivity index (χ1n) is 35.1. The average Bonchev–Trinajstić information content (AvgIpc) is 1.03. The van der Waals surface area contributed by atoms with Crippen molar-refractivity contribution in [3.63, 3.8) is 0 Å². The molecule has 0 spiro atoms. The van der Waals surface area contributed by atoms with Crippen molar-refractivity contribution < 1.29 is 78.6 Å². The van der Waals surface area contributed by atoms with E-state index < -0.39 is 48.4 Å². The minimum atomic E-state index is -2.02. The van der Waals surface area contributed by atoms with Gasteiger partial charge in [-0.05, 0) is 277 Å². The Morgan fingerprint density at radius 2 is 0.238 bits per heavy atom. The van der Waals surface area contributed by atoms with Gasteiger partial charge >= 0.3 is 78.6 Å². The van der Waals surface area contributed by atoms with E-state index in [-0.39, 0.29) is 78.6 Å². The monoisotopic (exact) mass is 1700 g/mol. The Bertz CT molecular complexity index is 3070. The molecule has 6 aromatic heterocycles. The minimum Gasteiger partial charge on any atom is -0.324 e. The van der Waals surface area contributed by atoms with Gasteiger partial charge in [-0.1, -0.05) is 188 Å². The number of allylic oxidation sites excluding steroid dienone is 6. The fourth-order valence-corrected chi connectivity index (χ4v) is 16.0. The van der Waals surface area contributed by atoms with Crippen LogP contribution in [0.2, 0.25) is 118 Å². The number of aromatic nitrogens is 6. The van der Waals surface area contributed by atoms with Crippen molar-refractivity contribution in [1.82, 2.24) is 29.9 Å². The molecule has 12 bridgehead atoms. The van der Waals surface area contributed by atoms with Crippen molar-refractivity contribution in [2.24, 2.45) is 0 Å². The van der Waals surface area contributed by atoms with Crippen molar-refractivity contribution >= 4 is 81.9 Å². The molecular formula is C90H102N6Si6Zr3+6. The van der Waals surface area contributed by atoms with E-state index >= 15 is 0 Å². The maximum absolute atomic E-state index is 5.47. The van der Waals surface area contributed by atoms with E-state index in [4.69, 9.17) is 29.9 Å². The maximum Gasteiger partial charge on any atom is 4.00 e. The van der Waals surface area contributed by atoms with Gasteiger partial charge in [0.1, 0.15) is 0 Å². The van der Waals surface area contributed by atoms with Gasteiger partial charge in [-0.3, -0.25) is 67.6 Å². The summed E-state index contributed by atoms with van der Waals surface area (Å²) >= 11 is 0. The first-order valence-corrected chi connectivity index (χ1v) is 56.1. The number of hydrogen-bond donors (Lipinski definition) is 0. The molecule has 13 rings (SSSR count). The quantitative estimate of drug-likeness (QED) is 0.122. The fraction of sp³-hybridized carbons (Fsp3) is 0.200. The van der Waals surface area contributed by atoms with Crippen LogP contribution in [0.4, 0.5) is 0 Å². The van der Waals surface area contributed by atoms with Crippen LogP contribution in [0.1, 0.15) is 34.2 Å². The number of rotatable bonds is 6. The molecule has 6 nitrogen and oxygen atoms in total. The molecule has 105 heavy (non-hydrogen) atoms. The smallest absolute Gasteiger partial charge is 0.324 e. The summed E-state index contributed by atoms with van der Waals surface area (Å²) in [6.45, 7) is 41.7. The van der Waals surface area contributed by atoms with Crippen molar-refractivity contribution in [3.05, 3.63) is 370 Å². The van der Waals surface area contributed by atoms with Crippen LogP contribution >= 0.6 is 0 Å². The molecule has 30 radical (unpaired) electrons. The van der Waals surface area contributed by atoms with Crippen LogP contribution in [0, 0.1) is 227 Å². The number of fused-ring (bicyclic) bond motifs is 15. The molecule has 7 heterocycles. The number of nitrogens with zero attached hydrogens (tertiary/aromatic N) is 6. The van der Waals surface area contributed by atoms with E-state index in [2.05, 4.69) is 261 Å². The molecule has 6 saturated carbocycles. The summed E-state index contributed by atoms with van der Waals surface area (Å²) in [5.41, 5.74) is 39.2. The molecule has 0 amide bonds. The Morgan fingerprint density at radius 1 is 0.152 bits per heavy atom. The number of pyridine rings is 6. The van der Waals surface area contributed by atoms with Crippen LogP contribution in [0.5, 0.6) is 0 Å². The van der Waals surface area contributed by atoms with Crippen LogP contribution in [0.25, 0.3) is 67.6 Å². The second kappa shape index (κ2) is 47.0. The molecule has 1 aliphatic heterocycles. The van der Waals surface area contributed by atoms with E-state index in [1.807, 2.05) is 193 Å². The molecule has 6 aromatic rings. The molecule has 522 valence electrons. The largest absolute Gasteiger partial charge is 4.00 e. The standard InChI is InChI=1S/C60H72N6Si6.6C5H5.3Zr/c1-67(2,3)37-43-44(38-68(4,5)6)50-26-20-32-57(62-50)58-34-22-28-52(64-58)47(41-71(13,14)15)48(42-72(16,17)18)54-30-24-36-60(66-54)59-35-23-29-53(65-59)46(40-70(10,11)12)45(39-69(7,8)9)51-27-21-33-56(63-51)55-31-19-25-49(43)61-55;6*1-2-4-5-3-1;;;/h19-36H,1-18H3;6*1-5H;;;/q-6;;;;;;;3*+4. The zero-order valence-corrected chi connectivity index (χ0v) is 78.3. The summed E-state index contributed by atoms with van der Waals surface area (Å²) in [5.74, 6) is 0. The Kier molecular flexibility index (Phi) is 42.3. The van der Waals surface area contributed by atoms with E-state index in [1.165, 1.54) is 0 Å². The third-order valence-corrected chi connectivity index (χ3v) is 19.9. The summed E-state index contributed by atoms with van der Waals surface area (Å²) < 4.78 is 0. The number of hydrogen-bond acceptors (Lipinski definition) is 6. The summed E-state index contributed by atoms with van der Waals surface area (Å²) in [5, 5.41) is 0. The van der Waals surface area contributed by atoms with Gasteiger partial charge in [0.05, 0.1) is 34.2 Å². The fourth-order valence-electron chi connectivity index (χ4n) is 10.0. The Hall–Kier alpha value is -2.71. The van der Waals surface area contributed by atoms with Gasteiger partial charge in [-0.2, -0.15) is 0 Å². The van der Waals surface area contributed by atoms with Crippen molar-refractivity contribution in [2.45, 2.75) is 118 Å². The summed E-state index contributed by atoms with van der Waals surface area (Å²) in [6, 6.07) is 37.5. The van der Waals surface area contributed by atoms with Crippen LogP contribution in [-0.2, 0) is 78.6 Å². The molecule has 15 heteroatoms. The molecule has 0 saturated heterocycles. The second-order valence-electron chi connectivity index (χ2n) is 30.7. The summed E-state index contributed by atoms with van der Waals surface area (Å²) in [7, 11) is -12.1. The first kappa shape index (κ1) is 94.7. The topological polar surface area (TPSA) is 77.3 Å². The molecule has 7 aliphatic rings. The van der Waals surface area contributed by atoms with Crippen LogP contribution in [0.3, 0.4) is 0 Å². The van der Waals surface area contributed by atoms with Gasteiger partial charge in [0.25, 0.3) is 0 Å². The van der Waals surface area contributed by atoms with Crippen molar-refractivity contribution in [2.75, 3.05) is 0 Å². The molecular weight excluding hydrogens is 1610 g/mol. The predicted octanol–water partition coefficient (Wildman–Crippen LogP) is 22.0. The van der Waals surface area contributed by atoms with Crippen molar-refractivity contribution in [3.8, 4) is 34.2 Å². The molecule has 0 aromatic carbocycles. The zero-order chi connectivity index (χ0) is 73.8. The minimum absolute atomic E-state index is 0. The normalized spacial score (nSPS) is 19.0. The summed E-state index contributed by atoms with van der Waals surface area (Å²) in [4.78, 5) is 32.8. The van der Waals surface area contributed by atoms with E-state index in [0.717, 1.165) is 102 Å². The summed E-state index contributed by atoms with van der Waals surface area (Å²) in [6.07, 6.45) is 60.0. The molecule has 6 aliphatic carbocycles. The van der Waals surface area contributed by atoms with Crippen LogP contribution in [0.15, 0.2) is 109 Å². The van der Waals surface area contributed by atoms with Gasteiger partial charge in [0, 0.05) is 0 Å². The Balaban J connectivity index is 0.000000575. The third kappa shape index (κ3) is 36.6. The van der Waals surface area contributed by atoms with Gasteiger partial charge in [-0.25, -0.2) is 0 Å². The SMILES string of the molecule is C[Si](C)(C)[C-]=C1C(=[C-][Si](C)(C)C)c2cccc(n2)-c2cccc(n2)C(=[C-][Si](C)(C)C)C(=[C-][Si](C)(C)C)c2cccc(n2)-c2cccc(n2)C(=[C-][Si](C)(C)C)C(=[C-][Si](C)(C)C)c2cccc(n2)-c2cccc1n2.[CH]1[CH][CH][CH][CH]1.[CH]1[CH][CH][CH][CH]1.[CH]1[CH][CH][CH][CH]1.[CH]1[CH][CH][CH][CH]1.[CH]1[CH][CH][CH][CH]1.[CH]1[CH][CH][CH][CH]1.[Zr+4].[Zr+4].[Zr+4]. The zero-order valence-electron chi connectivity index (χ0n) is 64.9. The first-order chi connectivity index (χ1) is 48.4. The maximum atomic E-state index is 5.47. The van der Waals surface area contributed by atoms with Gasteiger partial charge in [-0.15, -0.1) is 36.4 Å².